The molecule has 118 valence electrons. The summed E-state index contributed by atoms with van der Waals surface area (Å²) in [4.78, 5) is -0.384. The van der Waals surface area contributed by atoms with Gasteiger partial charge in [-0.1, -0.05) is 0 Å². The lowest BCUT2D eigenvalue weighted by Gasteiger charge is -2.32. The lowest BCUT2D eigenvalue weighted by Crippen LogP contribution is -2.52. The number of nitrogens with two attached hydrogens (primary N) is 1. The number of hydrogen-bond acceptors (Lipinski definition) is 4. The van der Waals surface area contributed by atoms with Gasteiger partial charge in [0.05, 0.1) is 4.90 Å². The van der Waals surface area contributed by atoms with Crippen LogP contribution in [0.3, 0.4) is 0 Å². The fraction of sp³-hybridized carbons (Fsp3) is 0.400. The van der Waals surface area contributed by atoms with Crippen molar-refractivity contribution < 1.29 is 25.6 Å². The van der Waals surface area contributed by atoms with E-state index in [1.54, 1.807) is 0 Å². The van der Waals surface area contributed by atoms with Gasteiger partial charge in [-0.05, 0) is 18.2 Å². The largest absolute Gasteiger partial charge is 0.276 e. The van der Waals surface area contributed by atoms with Gasteiger partial charge in [-0.2, -0.15) is 17.0 Å². The third kappa shape index (κ3) is 3.37. The van der Waals surface area contributed by atoms with Crippen molar-refractivity contribution in [2.24, 2.45) is 5.14 Å². The number of rotatable bonds is 3. The minimum Gasteiger partial charge on any atom is -0.216 e. The molecule has 1 saturated heterocycles. The van der Waals surface area contributed by atoms with Crippen molar-refractivity contribution >= 4 is 20.2 Å². The first kappa shape index (κ1) is 16.2. The van der Waals surface area contributed by atoms with Crippen LogP contribution in [-0.2, 0) is 20.2 Å². The summed E-state index contributed by atoms with van der Waals surface area (Å²) in [7, 11) is -7.88. The van der Waals surface area contributed by atoms with Crippen LogP contribution in [0.4, 0.5) is 8.78 Å². The molecule has 1 heterocycles. The van der Waals surface area contributed by atoms with Gasteiger partial charge in [-0.3, -0.25) is 0 Å². The predicted molar refractivity (Wildman–Crippen MR) is 69.8 cm³/mol. The second kappa shape index (κ2) is 5.57. The minimum absolute atomic E-state index is 0.0955. The molecule has 0 aromatic heterocycles. The average Bonchev–Trinajstić information content (AvgIpc) is 2.41. The van der Waals surface area contributed by atoms with Crippen LogP contribution in [-0.4, -0.2) is 51.6 Å². The van der Waals surface area contributed by atoms with Crippen LogP contribution in [0.15, 0.2) is 23.1 Å². The monoisotopic (exact) mass is 341 g/mol. The summed E-state index contributed by atoms with van der Waals surface area (Å²) < 4.78 is 74.7. The fourth-order valence-corrected chi connectivity index (χ4v) is 4.06. The highest BCUT2D eigenvalue weighted by Gasteiger charge is 2.32. The van der Waals surface area contributed by atoms with E-state index in [0.29, 0.717) is 6.07 Å². The topological polar surface area (TPSA) is 101 Å². The smallest absolute Gasteiger partial charge is 0.216 e. The predicted octanol–water partition coefficient (Wildman–Crippen LogP) is -0.525. The van der Waals surface area contributed by atoms with E-state index >= 15 is 0 Å². The molecule has 0 amide bonds. The zero-order chi connectivity index (χ0) is 15.8. The van der Waals surface area contributed by atoms with Gasteiger partial charge in [0.15, 0.2) is 11.6 Å². The number of nitrogens with zero attached hydrogens (tertiary/aromatic N) is 2. The number of hydrogen-bond donors (Lipinski definition) is 1. The lowest BCUT2D eigenvalue weighted by atomic mass is 10.3. The van der Waals surface area contributed by atoms with Crippen molar-refractivity contribution in [3.05, 3.63) is 29.8 Å². The Bertz CT molecular complexity index is 744. The molecule has 2 N–H and O–H groups in total. The SMILES string of the molecule is NS(=O)(=O)N1CCN(S(=O)(=O)c2ccc(F)c(F)c2)CC1. The van der Waals surface area contributed by atoms with E-state index in [1.165, 1.54) is 0 Å². The van der Waals surface area contributed by atoms with Crippen LogP contribution >= 0.6 is 0 Å². The molecule has 0 bridgehead atoms. The van der Waals surface area contributed by atoms with Gasteiger partial charge >= 0.3 is 0 Å². The van der Waals surface area contributed by atoms with Crippen molar-refractivity contribution in [3.63, 3.8) is 0 Å². The maximum Gasteiger partial charge on any atom is 0.276 e. The molecule has 0 unspecified atom stereocenters. The van der Waals surface area contributed by atoms with E-state index in [4.69, 9.17) is 5.14 Å². The normalized spacial score (nSPS) is 18.8. The van der Waals surface area contributed by atoms with Crippen molar-refractivity contribution in [2.75, 3.05) is 26.2 Å². The molecule has 11 heteroatoms. The van der Waals surface area contributed by atoms with E-state index in [9.17, 15) is 25.6 Å². The van der Waals surface area contributed by atoms with Crippen molar-refractivity contribution in [3.8, 4) is 0 Å². The molecule has 0 spiro atoms. The molecule has 1 aliphatic heterocycles. The molecule has 1 fully saturated rings. The standard InChI is InChI=1S/C10H13F2N3O4S2/c11-9-2-1-8(7-10(9)12)20(16,17)14-3-5-15(6-4-14)21(13,18)19/h1-2,7H,3-6H2,(H2,13,18,19). The highest BCUT2D eigenvalue weighted by Crippen LogP contribution is 2.20. The number of piperazine rings is 1. The maximum absolute atomic E-state index is 13.1. The Hall–Kier alpha value is -1.14. The molecule has 0 aliphatic carbocycles. The van der Waals surface area contributed by atoms with Crippen LogP contribution in [0.5, 0.6) is 0 Å². The molecule has 21 heavy (non-hydrogen) atoms. The zero-order valence-electron chi connectivity index (χ0n) is 10.7. The maximum atomic E-state index is 13.1. The molecular weight excluding hydrogens is 328 g/mol. The van der Waals surface area contributed by atoms with Crippen LogP contribution in [0.2, 0.25) is 0 Å². The van der Waals surface area contributed by atoms with E-state index in [-0.39, 0.29) is 31.1 Å². The van der Waals surface area contributed by atoms with Crippen molar-refractivity contribution in [1.29, 1.82) is 0 Å². The van der Waals surface area contributed by atoms with Gasteiger partial charge in [0.25, 0.3) is 10.2 Å². The summed E-state index contributed by atoms with van der Waals surface area (Å²) in [5.74, 6) is -2.41. The summed E-state index contributed by atoms with van der Waals surface area (Å²) in [6.45, 7) is -0.418. The zero-order valence-corrected chi connectivity index (χ0v) is 12.4. The highest BCUT2D eigenvalue weighted by atomic mass is 32.2. The molecule has 0 radical (unpaired) electrons. The Kier molecular flexibility index (Phi) is 4.31. The Labute approximate surface area is 121 Å². The number of benzene rings is 1. The van der Waals surface area contributed by atoms with Gasteiger partial charge in [-0.15, -0.1) is 0 Å². The molecular formula is C10H13F2N3O4S2. The molecule has 1 aromatic carbocycles. The summed E-state index contributed by atoms with van der Waals surface area (Å²) in [6, 6.07) is 2.28. The van der Waals surface area contributed by atoms with Crippen LogP contribution in [0.25, 0.3) is 0 Å². The quantitative estimate of drug-likeness (QED) is 0.799. The summed E-state index contributed by atoms with van der Waals surface area (Å²) in [6.07, 6.45) is 0. The van der Waals surface area contributed by atoms with E-state index < -0.39 is 31.9 Å². The first-order valence-electron chi connectivity index (χ1n) is 5.85. The van der Waals surface area contributed by atoms with Gasteiger partial charge in [-0.25, -0.2) is 22.3 Å². The van der Waals surface area contributed by atoms with E-state index in [1.807, 2.05) is 0 Å². The van der Waals surface area contributed by atoms with E-state index in [2.05, 4.69) is 0 Å². The Morgan fingerprint density at radius 1 is 0.905 bits per heavy atom. The Morgan fingerprint density at radius 3 is 1.90 bits per heavy atom. The molecule has 0 atom stereocenters. The number of sulfonamides is 1. The Balaban J connectivity index is 2.20. The lowest BCUT2D eigenvalue weighted by molar-refractivity contribution is 0.273. The van der Waals surface area contributed by atoms with Crippen LogP contribution in [0, 0.1) is 11.6 Å². The highest BCUT2D eigenvalue weighted by molar-refractivity contribution is 7.89. The van der Waals surface area contributed by atoms with Crippen molar-refractivity contribution in [2.45, 2.75) is 4.90 Å². The number of halogens is 2. The van der Waals surface area contributed by atoms with Gasteiger partial charge in [0, 0.05) is 26.2 Å². The van der Waals surface area contributed by atoms with Crippen LogP contribution in [0.1, 0.15) is 0 Å². The van der Waals surface area contributed by atoms with Gasteiger partial charge in [0.2, 0.25) is 10.0 Å². The second-order valence-corrected chi connectivity index (χ2v) is 7.91. The fourth-order valence-electron chi connectivity index (χ4n) is 1.95. The van der Waals surface area contributed by atoms with E-state index in [0.717, 1.165) is 20.7 Å². The third-order valence-electron chi connectivity index (χ3n) is 3.09. The second-order valence-electron chi connectivity index (χ2n) is 4.42. The summed E-state index contributed by atoms with van der Waals surface area (Å²) >= 11 is 0. The average molecular weight is 341 g/mol. The molecule has 0 saturated carbocycles. The minimum atomic E-state index is -4.01. The molecule has 7 nitrogen and oxygen atoms in total. The van der Waals surface area contributed by atoms with Crippen molar-refractivity contribution in [1.82, 2.24) is 8.61 Å². The van der Waals surface area contributed by atoms with Gasteiger partial charge in [0.1, 0.15) is 0 Å². The summed E-state index contributed by atoms with van der Waals surface area (Å²) in [5.41, 5.74) is 0. The summed E-state index contributed by atoms with van der Waals surface area (Å²) in [5, 5.41) is 4.95. The van der Waals surface area contributed by atoms with Crippen LogP contribution < -0.4 is 5.14 Å². The molecule has 1 aliphatic rings. The van der Waals surface area contributed by atoms with Gasteiger partial charge < -0.3 is 0 Å². The third-order valence-corrected chi connectivity index (χ3v) is 6.07. The first-order chi connectivity index (χ1) is 9.62. The first-order valence-corrected chi connectivity index (χ1v) is 8.80. The Morgan fingerprint density at radius 2 is 1.43 bits per heavy atom. The molecule has 1 aromatic rings. The molecule has 2 rings (SSSR count).